The van der Waals surface area contributed by atoms with E-state index >= 15 is 0 Å². The van der Waals surface area contributed by atoms with Gasteiger partial charge in [0.1, 0.15) is 0 Å². The number of ether oxygens (including phenoxy) is 1. The molecule has 4 nitrogen and oxygen atoms in total. The summed E-state index contributed by atoms with van der Waals surface area (Å²) in [6, 6.07) is 7.49. The molecule has 19 heavy (non-hydrogen) atoms. The van der Waals surface area contributed by atoms with Gasteiger partial charge >= 0.3 is 5.97 Å². The molecule has 0 atom stereocenters. The highest BCUT2D eigenvalue weighted by atomic mass is 127. The highest BCUT2D eigenvalue weighted by Crippen LogP contribution is 2.11. The smallest absolute Gasteiger partial charge is 0.305 e. The minimum Gasteiger partial charge on any atom is -0.469 e. The Balaban J connectivity index is 2.18. The largest absolute Gasteiger partial charge is 0.469 e. The van der Waals surface area contributed by atoms with Gasteiger partial charge in [0.15, 0.2) is 0 Å². The van der Waals surface area contributed by atoms with Crippen LogP contribution >= 0.6 is 22.6 Å². The molecule has 0 unspecified atom stereocenters. The van der Waals surface area contributed by atoms with Crippen molar-refractivity contribution in [3.63, 3.8) is 0 Å². The number of carbonyl (C=O) groups excluding carboxylic acids is 2. The van der Waals surface area contributed by atoms with Crippen molar-refractivity contribution in [3.8, 4) is 0 Å². The molecule has 0 aliphatic heterocycles. The van der Waals surface area contributed by atoms with Gasteiger partial charge in [0.2, 0.25) is 0 Å². The number of amides is 1. The molecule has 0 aliphatic rings. The summed E-state index contributed by atoms with van der Waals surface area (Å²) in [5.74, 6) is -0.221. The molecule has 5 heteroatoms. The zero-order valence-corrected chi connectivity index (χ0v) is 13.1. The van der Waals surface area contributed by atoms with Crippen LogP contribution < -0.4 is 5.32 Å². The Morgan fingerprint density at radius 3 is 2.63 bits per heavy atom. The fourth-order valence-electron chi connectivity index (χ4n) is 1.62. The van der Waals surface area contributed by atoms with Gasteiger partial charge in [-0.15, -0.1) is 0 Å². The molecule has 1 amide bonds. The van der Waals surface area contributed by atoms with Crippen molar-refractivity contribution >= 4 is 34.5 Å². The molecule has 0 radical (unpaired) electrons. The summed E-state index contributed by atoms with van der Waals surface area (Å²) in [4.78, 5) is 22.7. The monoisotopic (exact) mass is 375 g/mol. The predicted octanol–water partition coefficient (Wildman–Crippen LogP) is 2.75. The zero-order valence-electron chi connectivity index (χ0n) is 10.9. The number of hydrogen-bond donors (Lipinski definition) is 1. The molecule has 0 heterocycles. The van der Waals surface area contributed by atoms with Crippen LogP contribution in [0.15, 0.2) is 24.3 Å². The Kier molecular flexibility index (Phi) is 7.47. The van der Waals surface area contributed by atoms with Gasteiger partial charge in [-0.3, -0.25) is 9.59 Å². The van der Waals surface area contributed by atoms with Gasteiger partial charge in [0.25, 0.3) is 5.91 Å². The van der Waals surface area contributed by atoms with Crippen molar-refractivity contribution in [1.82, 2.24) is 5.32 Å². The summed E-state index contributed by atoms with van der Waals surface area (Å²) in [6.07, 6.45) is 3.01. The number of unbranched alkanes of at least 4 members (excludes halogenated alkanes) is 2. The lowest BCUT2D eigenvalue weighted by atomic mass is 10.2. The predicted molar refractivity (Wildman–Crippen MR) is 82.0 cm³/mol. The summed E-state index contributed by atoms with van der Waals surface area (Å²) in [5.41, 5.74) is 0.706. The van der Waals surface area contributed by atoms with E-state index in [1.807, 2.05) is 24.3 Å². The Morgan fingerprint density at radius 1 is 1.21 bits per heavy atom. The molecule has 0 saturated carbocycles. The molecule has 0 spiro atoms. The molecule has 1 aromatic carbocycles. The van der Waals surface area contributed by atoms with E-state index < -0.39 is 0 Å². The Morgan fingerprint density at radius 2 is 1.95 bits per heavy atom. The normalized spacial score (nSPS) is 10.0. The second-order valence-electron chi connectivity index (χ2n) is 4.12. The lowest BCUT2D eigenvalue weighted by molar-refractivity contribution is -0.140. The minimum absolute atomic E-state index is 0.0435. The van der Waals surface area contributed by atoms with Gasteiger partial charge in [-0.25, -0.2) is 0 Å². The van der Waals surface area contributed by atoms with Crippen molar-refractivity contribution in [1.29, 1.82) is 0 Å². The van der Waals surface area contributed by atoms with Crippen LogP contribution in [0.5, 0.6) is 0 Å². The first-order chi connectivity index (χ1) is 9.15. The summed E-state index contributed by atoms with van der Waals surface area (Å²) in [5, 5.41) is 2.88. The van der Waals surface area contributed by atoms with E-state index in [1.165, 1.54) is 7.11 Å². The van der Waals surface area contributed by atoms with Gasteiger partial charge in [-0.1, -0.05) is 18.6 Å². The van der Waals surface area contributed by atoms with Crippen molar-refractivity contribution < 1.29 is 14.3 Å². The van der Waals surface area contributed by atoms with Crippen LogP contribution in [0.4, 0.5) is 0 Å². The molecule has 0 aliphatic carbocycles. The number of halogens is 1. The summed E-state index contributed by atoms with van der Waals surface area (Å²) < 4.78 is 5.50. The average Bonchev–Trinajstić information content (AvgIpc) is 2.42. The highest BCUT2D eigenvalue weighted by Gasteiger charge is 2.07. The fourth-order valence-corrected chi connectivity index (χ4v) is 2.25. The number of nitrogens with one attached hydrogen (secondary N) is 1. The molecule has 1 N–H and O–H groups in total. The molecular formula is C14H18INO3. The lowest BCUT2D eigenvalue weighted by Gasteiger charge is -2.06. The van der Waals surface area contributed by atoms with Gasteiger partial charge < -0.3 is 10.1 Å². The number of rotatable bonds is 7. The molecule has 104 valence electrons. The molecule has 0 fully saturated rings. The Labute approximate surface area is 127 Å². The van der Waals surface area contributed by atoms with Crippen LogP contribution in [0.2, 0.25) is 0 Å². The lowest BCUT2D eigenvalue weighted by Crippen LogP contribution is -2.25. The van der Waals surface area contributed by atoms with E-state index in [-0.39, 0.29) is 11.9 Å². The molecular weight excluding hydrogens is 357 g/mol. The number of carbonyl (C=O) groups is 2. The molecule has 1 aromatic rings. The number of benzene rings is 1. The first-order valence-electron chi connectivity index (χ1n) is 6.24. The average molecular weight is 375 g/mol. The van der Waals surface area contributed by atoms with Crippen LogP contribution in [-0.2, 0) is 9.53 Å². The minimum atomic E-state index is -0.178. The fraction of sp³-hybridized carbons (Fsp3) is 0.429. The van der Waals surface area contributed by atoms with E-state index in [2.05, 4.69) is 32.6 Å². The van der Waals surface area contributed by atoms with Crippen LogP contribution in [0, 0.1) is 3.57 Å². The van der Waals surface area contributed by atoms with E-state index in [0.717, 1.165) is 22.8 Å². The number of methoxy groups -OCH3 is 1. The van der Waals surface area contributed by atoms with Crippen LogP contribution in [0.25, 0.3) is 0 Å². The molecule has 1 rings (SSSR count). The number of hydrogen-bond acceptors (Lipinski definition) is 3. The van der Waals surface area contributed by atoms with Gasteiger partial charge in [0.05, 0.1) is 12.7 Å². The van der Waals surface area contributed by atoms with Gasteiger partial charge in [0, 0.05) is 16.5 Å². The van der Waals surface area contributed by atoms with E-state index in [9.17, 15) is 9.59 Å². The zero-order chi connectivity index (χ0) is 14.1. The number of esters is 1. The molecule has 0 saturated heterocycles. The third-order valence-corrected chi connectivity index (χ3v) is 3.63. The maximum absolute atomic E-state index is 11.9. The van der Waals surface area contributed by atoms with Crippen LogP contribution in [0.1, 0.15) is 36.0 Å². The second kappa shape index (κ2) is 8.90. The maximum Gasteiger partial charge on any atom is 0.305 e. The third-order valence-electron chi connectivity index (χ3n) is 2.69. The first-order valence-corrected chi connectivity index (χ1v) is 7.32. The highest BCUT2D eigenvalue weighted by molar-refractivity contribution is 14.1. The van der Waals surface area contributed by atoms with Crippen LogP contribution in [0.3, 0.4) is 0 Å². The molecule has 0 aromatic heterocycles. The quantitative estimate of drug-likeness (QED) is 0.453. The van der Waals surface area contributed by atoms with E-state index in [1.54, 1.807) is 0 Å². The molecule has 0 bridgehead atoms. The SMILES string of the molecule is COC(=O)CCCCCNC(=O)c1ccccc1I. The second-order valence-corrected chi connectivity index (χ2v) is 5.28. The van der Waals surface area contributed by atoms with Crippen molar-refractivity contribution in [3.05, 3.63) is 33.4 Å². The standard InChI is InChI=1S/C14H18INO3/c1-19-13(17)9-3-2-6-10-16-14(18)11-7-4-5-8-12(11)15/h4-5,7-8H,2-3,6,9-10H2,1H3,(H,16,18). The Bertz CT molecular complexity index is 434. The topological polar surface area (TPSA) is 55.4 Å². The van der Waals surface area contributed by atoms with Crippen LogP contribution in [-0.4, -0.2) is 25.5 Å². The first kappa shape index (κ1) is 15.9. The maximum atomic E-state index is 11.9. The summed E-state index contributed by atoms with van der Waals surface area (Å²) in [7, 11) is 1.39. The van der Waals surface area contributed by atoms with Crippen molar-refractivity contribution in [2.75, 3.05) is 13.7 Å². The summed E-state index contributed by atoms with van der Waals surface area (Å²) in [6.45, 7) is 0.630. The van der Waals surface area contributed by atoms with Crippen molar-refractivity contribution in [2.45, 2.75) is 25.7 Å². The van der Waals surface area contributed by atoms with Gasteiger partial charge in [-0.2, -0.15) is 0 Å². The Hall–Kier alpha value is -1.11. The third kappa shape index (κ3) is 6.04. The van der Waals surface area contributed by atoms with Crippen molar-refractivity contribution in [2.24, 2.45) is 0 Å². The van der Waals surface area contributed by atoms with E-state index in [4.69, 9.17) is 0 Å². The summed E-state index contributed by atoms with van der Waals surface area (Å²) >= 11 is 2.15. The van der Waals surface area contributed by atoms with E-state index in [0.29, 0.717) is 18.5 Å². The van der Waals surface area contributed by atoms with Gasteiger partial charge in [-0.05, 0) is 47.6 Å².